The Bertz CT molecular complexity index is 434. The Morgan fingerprint density at radius 1 is 1.50 bits per heavy atom. The number of hydrogen-bond acceptors (Lipinski definition) is 3. The normalized spacial score (nSPS) is 23.1. The summed E-state index contributed by atoms with van der Waals surface area (Å²) in [6, 6.07) is 8.38. The van der Waals surface area contributed by atoms with E-state index in [1.165, 1.54) is 17.7 Å². The highest BCUT2D eigenvalue weighted by Crippen LogP contribution is 2.26. The number of carbonyl (C=O) groups excluding carboxylic acids is 1. The van der Waals surface area contributed by atoms with Crippen LogP contribution in [0.1, 0.15) is 35.2 Å². The SMILES string of the molecule is CON(C)C(=O)c1cccc([C@H]2CN[C@H](C)C2)c1. The fourth-order valence-electron chi connectivity index (χ4n) is 2.38. The van der Waals surface area contributed by atoms with Gasteiger partial charge in [-0.2, -0.15) is 0 Å². The minimum absolute atomic E-state index is 0.113. The van der Waals surface area contributed by atoms with Gasteiger partial charge in [-0.1, -0.05) is 12.1 Å². The first kappa shape index (κ1) is 13.1. The molecule has 1 aromatic carbocycles. The van der Waals surface area contributed by atoms with Crippen LogP contribution in [0.15, 0.2) is 24.3 Å². The summed E-state index contributed by atoms with van der Waals surface area (Å²) in [6.45, 7) is 3.17. The Morgan fingerprint density at radius 3 is 2.89 bits per heavy atom. The summed E-state index contributed by atoms with van der Waals surface area (Å²) in [7, 11) is 3.11. The summed E-state index contributed by atoms with van der Waals surface area (Å²) in [6.07, 6.45) is 1.12. The zero-order valence-corrected chi connectivity index (χ0v) is 11.1. The van der Waals surface area contributed by atoms with E-state index in [9.17, 15) is 4.79 Å². The maximum Gasteiger partial charge on any atom is 0.277 e. The fourth-order valence-corrected chi connectivity index (χ4v) is 2.38. The smallest absolute Gasteiger partial charge is 0.277 e. The van der Waals surface area contributed by atoms with Crippen molar-refractivity contribution >= 4 is 5.91 Å². The highest BCUT2D eigenvalue weighted by molar-refractivity contribution is 5.93. The molecule has 1 heterocycles. The summed E-state index contributed by atoms with van der Waals surface area (Å²) >= 11 is 0. The van der Waals surface area contributed by atoms with Gasteiger partial charge in [-0.3, -0.25) is 9.63 Å². The molecule has 1 aliphatic heterocycles. The summed E-state index contributed by atoms with van der Waals surface area (Å²) < 4.78 is 0. The third-order valence-electron chi connectivity index (χ3n) is 3.52. The van der Waals surface area contributed by atoms with Crippen LogP contribution >= 0.6 is 0 Å². The largest absolute Gasteiger partial charge is 0.314 e. The van der Waals surface area contributed by atoms with Crippen molar-refractivity contribution in [1.29, 1.82) is 0 Å². The number of carbonyl (C=O) groups is 1. The van der Waals surface area contributed by atoms with Crippen molar-refractivity contribution in [1.82, 2.24) is 10.4 Å². The number of benzene rings is 1. The summed E-state index contributed by atoms with van der Waals surface area (Å²) in [5.74, 6) is 0.388. The van der Waals surface area contributed by atoms with E-state index < -0.39 is 0 Å². The van der Waals surface area contributed by atoms with Crippen LogP contribution in [-0.4, -0.2) is 37.7 Å². The Hall–Kier alpha value is -1.39. The molecule has 0 saturated carbocycles. The van der Waals surface area contributed by atoms with Crippen molar-refractivity contribution < 1.29 is 9.63 Å². The standard InChI is InChI=1S/C14H20N2O2/c1-10-7-13(9-15-10)11-5-4-6-12(8-11)14(17)16(2)18-3/h4-6,8,10,13,15H,7,9H2,1-3H3/t10-,13-/m1/s1. The predicted octanol–water partition coefficient (Wildman–Crippen LogP) is 1.79. The van der Waals surface area contributed by atoms with Crippen molar-refractivity contribution in [3.8, 4) is 0 Å². The van der Waals surface area contributed by atoms with E-state index in [2.05, 4.69) is 18.3 Å². The summed E-state index contributed by atoms with van der Waals surface area (Å²) in [5, 5.41) is 4.68. The molecule has 1 saturated heterocycles. The quantitative estimate of drug-likeness (QED) is 0.829. The van der Waals surface area contributed by atoms with Gasteiger partial charge in [-0.25, -0.2) is 5.06 Å². The Morgan fingerprint density at radius 2 is 2.28 bits per heavy atom. The molecule has 1 aliphatic rings. The van der Waals surface area contributed by atoms with Gasteiger partial charge < -0.3 is 5.32 Å². The van der Waals surface area contributed by atoms with Crippen molar-refractivity contribution in [3.63, 3.8) is 0 Å². The second-order valence-corrected chi connectivity index (χ2v) is 4.85. The molecule has 1 aromatic rings. The monoisotopic (exact) mass is 248 g/mol. The molecule has 0 aromatic heterocycles. The molecule has 98 valence electrons. The van der Waals surface area contributed by atoms with Crippen LogP contribution in [0.3, 0.4) is 0 Å². The molecule has 2 rings (SSSR count). The van der Waals surface area contributed by atoms with Crippen molar-refractivity contribution in [2.75, 3.05) is 20.7 Å². The summed E-state index contributed by atoms with van der Waals surface area (Å²) in [4.78, 5) is 16.9. The van der Waals surface area contributed by atoms with E-state index in [1.807, 2.05) is 18.2 Å². The second kappa shape index (κ2) is 5.50. The zero-order chi connectivity index (χ0) is 13.1. The second-order valence-electron chi connectivity index (χ2n) is 4.85. The number of hydrogen-bond donors (Lipinski definition) is 1. The van der Waals surface area contributed by atoms with Crippen molar-refractivity contribution in [3.05, 3.63) is 35.4 Å². The maximum absolute atomic E-state index is 12.0. The third kappa shape index (κ3) is 2.71. The van der Waals surface area contributed by atoms with Gasteiger partial charge in [-0.05, 0) is 37.0 Å². The van der Waals surface area contributed by atoms with Crippen LogP contribution in [-0.2, 0) is 4.84 Å². The average molecular weight is 248 g/mol. The molecule has 1 fully saturated rings. The molecule has 1 N–H and O–H groups in total. The first-order valence-corrected chi connectivity index (χ1v) is 6.27. The molecule has 0 radical (unpaired) electrons. The number of nitrogens with one attached hydrogen (secondary N) is 1. The molecule has 18 heavy (non-hydrogen) atoms. The van der Waals surface area contributed by atoms with E-state index in [0.29, 0.717) is 17.5 Å². The molecular formula is C14H20N2O2. The Labute approximate surface area is 108 Å². The van der Waals surface area contributed by atoms with Crippen molar-refractivity contribution in [2.45, 2.75) is 25.3 Å². The molecule has 2 atom stereocenters. The van der Waals surface area contributed by atoms with E-state index in [0.717, 1.165) is 13.0 Å². The zero-order valence-electron chi connectivity index (χ0n) is 11.1. The van der Waals surface area contributed by atoms with Gasteiger partial charge in [0.05, 0.1) is 7.11 Å². The van der Waals surface area contributed by atoms with Gasteiger partial charge in [0.1, 0.15) is 0 Å². The van der Waals surface area contributed by atoms with Gasteiger partial charge in [0.15, 0.2) is 0 Å². The summed E-state index contributed by atoms with van der Waals surface area (Å²) in [5.41, 5.74) is 1.90. The lowest BCUT2D eigenvalue weighted by Crippen LogP contribution is -2.25. The van der Waals surface area contributed by atoms with E-state index in [1.54, 1.807) is 7.05 Å². The number of nitrogens with zero attached hydrogens (tertiary/aromatic N) is 1. The van der Waals surface area contributed by atoms with Gasteiger partial charge in [0, 0.05) is 25.2 Å². The average Bonchev–Trinajstić information content (AvgIpc) is 2.84. The van der Waals surface area contributed by atoms with Gasteiger partial charge in [0.25, 0.3) is 5.91 Å². The van der Waals surface area contributed by atoms with Crippen LogP contribution in [0, 0.1) is 0 Å². The predicted molar refractivity (Wildman–Crippen MR) is 70.4 cm³/mol. The molecule has 0 aliphatic carbocycles. The molecule has 4 nitrogen and oxygen atoms in total. The minimum atomic E-state index is -0.113. The topological polar surface area (TPSA) is 41.6 Å². The van der Waals surface area contributed by atoms with Gasteiger partial charge in [0.2, 0.25) is 0 Å². The molecular weight excluding hydrogens is 228 g/mol. The third-order valence-corrected chi connectivity index (χ3v) is 3.52. The van der Waals surface area contributed by atoms with Crippen LogP contribution in [0.5, 0.6) is 0 Å². The van der Waals surface area contributed by atoms with E-state index in [4.69, 9.17) is 4.84 Å². The number of rotatable bonds is 3. The van der Waals surface area contributed by atoms with E-state index >= 15 is 0 Å². The van der Waals surface area contributed by atoms with Crippen molar-refractivity contribution in [2.24, 2.45) is 0 Å². The molecule has 0 spiro atoms. The number of amides is 1. The molecule has 1 amide bonds. The first-order chi connectivity index (χ1) is 8.61. The highest BCUT2D eigenvalue weighted by Gasteiger charge is 2.23. The lowest BCUT2D eigenvalue weighted by molar-refractivity contribution is -0.0757. The molecule has 0 bridgehead atoms. The Kier molecular flexibility index (Phi) is 3.99. The Balaban J connectivity index is 2.17. The van der Waals surface area contributed by atoms with Crippen LogP contribution in [0.4, 0.5) is 0 Å². The minimum Gasteiger partial charge on any atom is -0.314 e. The fraction of sp³-hybridized carbons (Fsp3) is 0.500. The lowest BCUT2D eigenvalue weighted by atomic mass is 9.95. The van der Waals surface area contributed by atoms with Crippen LogP contribution < -0.4 is 5.32 Å². The van der Waals surface area contributed by atoms with Crippen LogP contribution in [0.25, 0.3) is 0 Å². The van der Waals surface area contributed by atoms with Gasteiger partial charge in [-0.15, -0.1) is 0 Å². The first-order valence-electron chi connectivity index (χ1n) is 6.27. The van der Waals surface area contributed by atoms with Crippen LogP contribution in [0.2, 0.25) is 0 Å². The van der Waals surface area contributed by atoms with E-state index in [-0.39, 0.29) is 5.91 Å². The number of hydroxylamine groups is 2. The lowest BCUT2D eigenvalue weighted by Gasteiger charge is -2.15. The highest BCUT2D eigenvalue weighted by atomic mass is 16.7. The molecule has 0 unspecified atom stereocenters. The molecule has 4 heteroatoms. The van der Waals surface area contributed by atoms with Gasteiger partial charge >= 0.3 is 0 Å². The maximum atomic E-state index is 12.0.